The van der Waals surface area contributed by atoms with Crippen molar-refractivity contribution in [1.82, 2.24) is 14.8 Å². The Morgan fingerprint density at radius 1 is 1.10 bits per heavy atom. The molecule has 0 spiro atoms. The summed E-state index contributed by atoms with van der Waals surface area (Å²) in [5.41, 5.74) is 2.19. The van der Waals surface area contributed by atoms with Crippen LogP contribution in [0.3, 0.4) is 0 Å². The van der Waals surface area contributed by atoms with Crippen LogP contribution >= 0.6 is 23.2 Å². The van der Waals surface area contributed by atoms with E-state index < -0.39 is 6.04 Å². The number of amides is 2. The largest absolute Gasteiger partial charge is 0.326 e. The van der Waals surface area contributed by atoms with Crippen molar-refractivity contribution in [3.8, 4) is 0 Å². The van der Waals surface area contributed by atoms with Crippen molar-refractivity contribution >= 4 is 46.4 Å². The lowest BCUT2D eigenvalue weighted by Gasteiger charge is -2.12. The summed E-state index contributed by atoms with van der Waals surface area (Å²) in [5, 5.41) is 10.7. The lowest BCUT2D eigenvalue weighted by atomic mass is 10.1. The maximum absolute atomic E-state index is 12.6. The van der Waals surface area contributed by atoms with Crippen LogP contribution in [-0.4, -0.2) is 26.6 Å². The minimum Gasteiger partial charge on any atom is -0.326 e. The number of nitrogens with zero attached hydrogens (tertiary/aromatic N) is 3. The average molecular weight is 444 g/mol. The van der Waals surface area contributed by atoms with Gasteiger partial charge in [0, 0.05) is 17.3 Å². The van der Waals surface area contributed by atoms with Crippen LogP contribution in [-0.2, 0) is 9.59 Å². The second-order valence-corrected chi connectivity index (χ2v) is 7.98. The molecule has 1 aromatic heterocycles. The van der Waals surface area contributed by atoms with Gasteiger partial charge in [-0.15, -0.1) is 0 Å². The average Bonchev–Trinajstić information content (AvgIpc) is 3.34. The van der Waals surface area contributed by atoms with Crippen LogP contribution in [0.1, 0.15) is 30.9 Å². The summed E-state index contributed by atoms with van der Waals surface area (Å²) in [7, 11) is 0. The van der Waals surface area contributed by atoms with Crippen LogP contribution in [0.2, 0.25) is 10.0 Å². The van der Waals surface area contributed by atoms with E-state index in [1.807, 2.05) is 12.1 Å². The maximum Gasteiger partial charge on any atom is 0.249 e. The third-order valence-electron chi connectivity index (χ3n) is 5.14. The molecule has 3 atom stereocenters. The van der Waals surface area contributed by atoms with E-state index in [1.165, 1.54) is 17.3 Å². The molecule has 30 heavy (non-hydrogen) atoms. The van der Waals surface area contributed by atoms with E-state index in [0.717, 1.165) is 12.0 Å². The number of carbonyl (C=O) groups excluding carboxylic acids is 2. The standard InChI is InChI=1S/C21H19Cl2N5O2/c1-12(28-11-24-10-25-28)20(29)26-13-5-7-14(8-6-13)27-21(30)17-9-16(17)15-3-2-4-18(22)19(15)23/h2-8,10-12,16-17H,9H2,1H3,(H,26,29)(H,27,30). The third kappa shape index (κ3) is 4.32. The fourth-order valence-electron chi connectivity index (χ4n) is 3.29. The van der Waals surface area contributed by atoms with Crippen molar-refractivity contribution in [2.75, 3.05) is 10.6 Å². The van der Waals surface area contributed by atoms with Crippen molar-refractivity contribution in [2.24, 2.45) is 5.92 Å². The number of rotatable bonds is 6. The van der Waals surface area contributed by atoms with E-state index in [1.54, 1.807) is 37.3 Å². The summed E-state index contributed by atoms with van der Waals surface area (Å²) < 4.78 is 1.47. The number of anilines is 2. The summed E-state index contributed by atoms with van der Waals surface area (Å²) in [5.74, 6) is -0.332. The molecule has 3 unspecified atom stereocenters. The van der Waals surface area contributed by atoms with E-state index >= 15 is 0 Å². The van der Waals surface area contributed by atoms with Gasteiger partial charge in [-0.3, -0.25) is 9.59 Å². The highest BCUT2D eigenvalue weighted by Gasteiger charge is 2.45. The van der Waals surface area contributed by atoms with Gasteiger partial charge in [0.1, 0.15) is 18.7 Å². The van der Waals surface area contributed by atoms with Crippen LogP contribution in [0.15, 0.2) is 55.1 Å². The van der Waals surface area contributed by atoms with Crippen LogP contribution in [0, 0.1) is 5.92 Å². The lowest BCUT2D eigenvalue weighted by Crippen LogP contribution is -2.24. The Hall–Kier alpha value is -2.90. The van der Waals surface area contributed by atoms with E-state index in [4.69, 9.17) is 23.2 Å². The molecule has 1 aliphatic rings. The van der Waals surface area contributed by atoms with Crippen molar-refractivity contribution in [2.45, 2.75) is 25.3 Å². The molecule has 7 nitrogen and oxygen atoms in total. The SMILES string of the molecule is CC(C(=O)Nc1ccc(NC(=O)C2CC2c2cccc(Cl)c2Cl)cc1)n1cncn1. The van der Waals surface area contributed by atoms with Crippen molar-refractivity contribution in [3.63, 3.8) is 0 Å². The molecular formula is C21H19Cl2N5O2. The Morgan fingerprint density at radius 3 is 2.47 bits per heavy atom. The summed E-state index contributed by atoms with van der Waals surface area (Å²) in [4.78, 5) is 28.7. The molecular weight excluding hydrogens is 425 g/mol. The maximum atomic E-state index is 12.6. The molecule has 0 saturated heterocycles. The molecule has 2 amide bonds. The van der Waals surface area contributed by atoms with Crippen LogP contribution in [0.5, 0.6) is 0 Å². The van der Waals surface area contributed by atoms with Gasteiger partial charge in [-0.1, -0.05) is 35.3 Å². The molecule has 1 heterocycles. The number of aromatic nitrogens is 3. The van der Waals surface area contributed by atoms with Crippen LogP contribution < -0.4 is 10.6 Å². The highest BCUT2D eigenvalue weighted by molar-refractivity contribution is 6.42. The highest BCUT2D eigenvalue weighted by atomic mass is 35.5. The lowest BCUT2D eigenvalue weighted by molar-refractivity contribution is -0.119. The Kier molecular flexibility index (Phi) is 5.74. The molecule has 1 saturated carbocycles. The van der Waals surface area contributed by atoms with Gasteiger partial charge in [0.25, 0.3) is 0 Å². The summed E-state index contributed by atoms with van der Waals surface area (Å²) in [6, 6.07) is 12.0. The van der Waals surface area contributed by atoms with Crippen LogP contribution in [0.4, 0.5) is 11.4 Å². The van der Waals surface area contributed by atoms with E-state index in [-0.39, 0.29) is 23.7 Å². The highest BCUT2D eigenvalue weighted by Crippen LogP contribution is 2.51. The number of carbonyl (C=O) groups is 2. The first-order valence-electron chi connectivity index (χ1n) is 9.44. The quantitative estimate of drug-likeness (QED) is 0.585. The first-order valence-corrected chi connectivity index (χ1v) is 10.2. The fourth-order valence-corrected chi connectivity index (χ4v) is 3.74. The topological polar surface area (TPSA) is 88.9 Å². The molecule has 0 bridgehead atoms. The molecule has 9 heteroatoms. The predicted octanol–water partition coefficient (Wildman–Crippen LogP) is 4.53. The number of nitrogens with one attached hydrogen (secondary N) is 2. The van der Waals surface area contributed by atoms with Gasteiger partial charge in [0.2, 0.25) is 11.8 Å². The predicted molar refractivity (Wildman–Crippen MR) is 116 cm³/mol. The third-order valence-corrected chi connectivity index (χ3v) is 5.97. The fraction of sp³-hybridized carbons (Fsp3) is 0.238. The van der Waals surface area contributed by atoms with E-state index in [9.17, 15) is 9.59 Å². The number of hydrogen-bond acceptors (Lipinski definition) is 4. The Labute approximate surface area is 183 Å². The summed E-state index contributed by atoms with van der Waals surface area (Å²) in [6.45, 7) is 1.73. The van der Waals surface area contributed by atoms with Gasteiger partial charge in [-0.25, -0.2) is 9.67 Å². The van der Waals surface area contributed by atoms with Gasteiger partial charge < -0.3 is 10.6 Å². The first kappa shape index (κ1) is 20.4. The second-order valence-electron chi connectivity index (χ2n) is 7.20. The molecule has 4 rings (SSSR count). The molecule has 2 N–H and O–H groups in total. The Morgan fingerprint density at radius 2 is 1.80 bits per heavy atom. The minimum atomic E-state index is -0.489. The molecule has 3 aromatic rings. The van der Waals surface area contributed by atoms with Crippen molar-refractivity contribution in [3.05, 3.63) is 70.7 Å². The summed E-state index contributed by atoms with van der Waals surface area (Å²) in [6.07, 6.45) is 3.61. The molecule has 1 aliphatic carbocycles. The monoisotopic (exact) mass is 443 g/mol. The van der Waals surface area contributed by atoms with Gasteiger partial charge in [0.15, 0.2) is 0 Å². The van der Waals surface area contributed by atoms with Gasteiger partial charge in [0.05, 0.1) is 10.0 Å². The summed E-state index contributed by atoms with van der Waals surface area (Å²) >= 11 is 12.3. The van der Waals surface area contributed by atoms with Crippen LogP contribution in [0.25, 0.3) is 0 Å². The minimum absolute atomic E-state index is 0.0624. The molecule has 1 fully saturated rings. The van der Waals surface area contributed by atoms with Crippen molar-refractivity contribution < 1.29 is 9.59 Å². The smallest absolute Gasteiger partial charge is 0.249 e. The van der Waals surface area contributed by atoms with Gasteiger partial charge >= 0.3 is 0 Å². The van der Waals surface area contributed by atoms with E-state index in [0.29, 0.717) is 21.4 Å². The second kappa shape index (κ2) is 8.45. The van der Waals surface area contributed by atoms with Gasteiger partial charge in [-0.05, 0) is 55.2 Å². The zero-order valence-corrected chi connectivity index (χ0v) is 17.6. The normalized spacial score (nSPS) is 18.5. The number of hydrogen-bond donors (Lipinski definition) is 2. The van der Waals surface area contributed by atoms with E-state index in [2.05, 4.69) is 20.7 Å². The molecule has 0 aliphatic heterocycles. The first-order chi connectivity index (χ1) is 14.4. The zero-order chi connectivity index (χ0) is 21.3. The Balaban J connectivity index is 1.33. The zero-order valence-electron chi connectivity index (χ0n) is 16.0. The molecule has 154 valence electrons. The molecule has 0 radical (unpaired) electrons. The van der Waals surface area contributed by atoms with Gasteiger partial charge in [-0.2, -0.15) is 5.10 Å². The Bertz CT molecular complexity index is 1070. The number of benzene rings is 2. The number of halogens is 2. The molecule has 2 aromatic carbocycles. The van der Waals surface area contributed by atoms with Crippen molar-refractivity contribution in [1.29, 1.82) is 0 Å².